The van der Waals surface area contributed by atoms with Crippen LogP contribution in [-0.2, 0) is 0 Å². The maximum atomic E-state index is 12.8. The molecule has 0 saturated carbocycles. The second-order valence-corrected chi connectivity index (χ2v) is 8.83. The van der Waals surface area contributed by atoms with Gasteiger partial charge in [-0.15, -0.1) is 10.2 Å². The standard InChI is InChI=1S/C26H22ClN7O/c27-19-12-10-18(11-13-19)23-30-31-24-21-8-4-5-9-22(21)29-25(34(23)24)32-14-16-33(17-15-32)26(35)28-20-6-2-1-3-7-20/h1-13H,14-17H2,(H,28,35). The molecule has 8 nitrogen and oxygen atoms in total. The highest BCUT2D eigenvalue weighted by molar-refractivity contribution is 6.30. The van der Waals surface area contributed by atoms with E-state index in [1.54, 1.807) is 0 Å². The van der Waals surface area contributed by atoms with E-state index in [9.17, 15) is 4.79 Å². The van der Waals surface area contributed by atoms with Gasteiger partial charge in [-0.05, 0) is 48.5 Å². The van der Waals surface area contributed by atoms with Crippen LogP contribution in [0.3, 0.4) is 0 Å². The molecular formula is C26H22ClN7O. The molecule has 9 heteroatoms. The van der Waals surface area contributed by atoms with Crippen molar-refractivity contribution >= 4 is 45.8 Å². The lowest BCUT2D eigenvalue weighted by molar-refractivity contribution is 0.208. The van der Waals surface area contributed by atoms with Crippen molar-refractivity contribution in [1.82, 2.24) is 24.5 Å². The van der Waals surface area contributed by atoms with Crippen molar-refractivity contribution in [3.63, 3.8) is 0 Å². The molecule has 5 aromatic rings. The van der Waals surface area contributed by atoms with Crippen LogP contribution in [0.15, 0.2) is 78.9 Å². The number of carbonyl (C=O) groups excluding carboxylic acids is 1. The number of hydrogen-bond acceptors (Lipinski definition) is 5. The molecule has 0 atom stereocenters. The predicted octanol–water partition coefficient (Wildman–Crippen LogP) is 4.95. The highest BCUT2D eigenvalue weighted by Crippen LogP contribution is 2.29. The topological polar surface area (TPSA) is 78.7 Å². The number of halogens is 1. The minimum atomic E-state index is -0.0985. The van der Waals surface area contributed by atoms with Crippen LogP contribution >= 0.6 is 11.6 Å². The number of carbonyl (C=O) groups is 1. The molecular weight excluding hydrogens is 462 g/mol. The lowest BCUT2D eigenvalue weighted by Gasteiger charge is -2.35. The number of aromatic nitrogens is 4. The van der Waals surface area contributed by atoms with Gasteiger partial charge in [-0.2, -0.15) is 0 Å². The zero-order valence-electron chi connectivity index (χ0n) is 18.8. The Bertz CT molecular complexity index is 1510. The Hall–Kier alpha value is -4.17. The van der Waals surface area contributed by atoms with Gasteiger partial charge in [0, 0.05) is 47.8 Å². The smallest absolute Gasteiger partial charge is 0.321 e. The third-order valence-electron chi connectivity index (χ3n) is 6.21. The summed E-state index contributed by atoms with van der Waals surface area (Å²) in [7, 11) is 0. The molecule has 6 rings (SSSR count). The van der Waals surface area contributed by atoms with Crippen LogP contribution in [0.5, 0.6) is 0 Å². The molecule has 0 aliphatic carbocycles. The third kappa shape index (κ3) is 4.02. The summed E-state index contributed by atoms with van der Waals surface area (Å²) in [6, 6.07) is 24.9. The van der Waals surface area contributed by atoms with Gasteiger partial charge >= 0.3 is 6.03 Å². The zero-order chi connectivity index (χ0) is 23.8. The Morgan fingerprint density at radius 2 is 1.54 bits per heavy atom. The first-order chi connectivity index (χ1) is 17.2. The average Bonchev–Trinajstić information content (AvgIpc) is 3.35. The quantitative estimate of drug-likeness (QED) is 0.392. The van der Waals surface area contributed by atoms with Crippen molar-refractivity contribution in [2.75, 3.05) is 36.4 Å². The lowest BCUT2D eigenvalue weighted by atomic mass is 10.2. The maximum absolute atomic E-state index is 12.8. The van der Waals surface area contributed by atoms with Gasteiger partial charge in [0.2, 0.25) is 5.95 Å². The van der Waals surface area contributed by atoms with Crippen LogP contribution in [0.4, 0.5) is 16.4 Å². The molecule has 1 aliphatic rings. The van der Waals surface area contributed by atoms with Crippen molar-refractivity contribution in [3.05, 3.63) is 83.9 Å². The predicted molar refractivity (Wildman–Crippen MR) is 138 cm³/mol. The first-order valence-electron chi connectivity index (χ1n) is 11.4. The molecule has 0 unspecified atom stereocenters. The summed E-state index contributed by atoms with van der Waals surface area (Å²) in [4.78, 5) is 21.8. The summed E-state index contributed by atoms with van der Waals surface area (Å²) in [6.45, 7) is 2.43. The fourth-order valence-corrected chi connectivity index (χ4v) is 4.52. The largest absolute Gasteiger partial charge is 0.338 e. The molecule has 0 spiro atoms. The van der Waals surface area contributed by atoms with E-state index in [4.69, 9.17) is 16.6 Å². The normalized spacial score (nSPS) is 14.0. The SMILES string of the molecule is O=C(Nc1ccccc1)N1CCN(c2nc3ccccc3c3nnc(-c4ccc(Cl)cc4)n23)CC1. The van der Waals surface area contributed by atoms with Gasteiger partial charge in [0.1, 0.15) is 0 Å². The van der Waals surface area contributed by atoms with Crippen molar-refractivity contribution in [1.29, 1.82) is 0 Å². The van der Waals surface area contributed by atoms with Crippen molar-refractivity contribution in [2.45, 2.75) is 0 Å². The Morgan fingerprint density at radius 3 is 2.31 bits per heavy atom. The summed E-state index contributed by atoms with van der Waals surface area (Å²) in [6.07, 6.45) is 0. The molecule has 2 aromatic heterocycles. The minimum Gasteiger partial charge on any atom is -0.338 e. The van der Waals surface area contributed by atoms with E-state index in [-0.39, 0.29) is 6.03 Å². The molecule has 2 amide bonds. The number of benzene rings is 3. The van der Waals surface area contributed by atoms with Crippen molar-refractivity contribution < 1.29 is 4.79 Å². The molecule has 0 bridgehead atoms. The fourth-order valence-electron chi connectivity index (χ4n) is 4.40. The number of amides is 2. The molecule has 35 heavy (non-hydrogen) atoms. The van der Waals surface area contributed by atoms with Crippen LogP contribution in [-0.4, -0.2) is 56.7 Å². The van der Waals surface area contributed by atoms with Gasteiger partial charge in [-0.3, -0.25) is 0 Å². The Balaban J connectivity index is 1.34. The van der Waals surface area contributed by atoms with Gasteiger partial charge < -0.3 is 15.1 Å². The van der Waals surface area contributed by atoms with E-state index in [0.29, 0.717) is 37.0 Å². The van der Waals surface area contributed by atoms with E-state index in [1.807, 2.05) is 88.2 Å². The summed E-state index contributed by atoms with van der Waals surface area (Å²) < 4.78 is 2.01. The molecule has 1 fully saturated rings. The molecule has 1 N–H and O–H groups in total. The zero-order valence-corrected chi connectivity index (χ0v) is 19.6. The molecule has 3 aromatic carbocycles. The van der Waals surface area contributed by atoms with Gasteiger partial charge in [-0.1, -0.05) is 41.9 Å². The van der Waals surface area contributed by atoms with E-state index in [0.717, 1.165) is 33.7 Å². The first kappa shape index (κ1) is 21.4. The second kappa shape index (κ2) is 8.88. The van der Waals surface area contributed by atoms with Gasteiger partial charge in [0.15, 0.2) is 11.5 Å². The van der Waals surface area contributed by atoms with E-state index >= 15 is 0 Å². The van der Waals surface area contributed by atoms with Gasteiger partial charge in [0.05, 0.1) is 5.52 Å². The van der Waals surface area contributed by atoms with Crippen LogP contribution in [0.25, 0.3) is 27.9 Å². The average molecular weight is 484 g/mol. The van der Waals surface area contributed by atoms with Crippen LogP contribution < -0.4 is 10.2 Å². The van der Waals surface area contributed by atoms with Gasteiger partial charge in [0.25, 0.3) is 0 Å². The Labute approximate surface area is 206 Å². The fraction of sp³-hybridized carbons (Fsp3) is 0.154. The van der Waals surface area contributed by atoms with Crippen molar-refractivity contribution in [3.8, 4) is 11.4 Å². The number of nitrogens with one attached hydrogen (secondary N) is 1. The number of urea groups is 1. The summed E-state index contributed by atoms with van der Waals surface area (Å²) in [5.74, 6) is 1.46. The minimum absolute atomic E-state index is 0.0985. The number of para-hydroxylation sites is 2. The molecule has 3 heterocycles. The number of anilines is 2. The van der Waals surface area contributed by atoms with E-state index in [2.05, 4.69) is 20.4 Å². The lowest BCUT2D eigenvalue weighted by Crippen LogP contribution is -2.50. The monoisotopic (exact) mass is 483 g/mol. The van der Waals surface area contributed by atoms with E-state index in [1.165, 1.54) is 0 Å². The van der Waals surface area contributed by atoms with Crippen molar-refractivity contribution in [2.24, 2.45) is 0 Å². The molecule has 174 valence electrons. The van der Waals surface area contributed by atoms with E-state index < -0.39 is 0 Å². The number of piperazine rings is 1. The van der Waals surface area contributed by atoms with Crippen LogP contribution in [0.2, 0.25) is 5.02 Å². The summed E-state index contributed by atoms with van der Waals surface area (Å²) in [5, 5.41) is 13.6. The Kier molecular flexibility index (Phi) is 5.42. The number of rotatable bonds is 3. The first-order valence-corrected chi connectivity index (χ1v) is 11.8. The van der Waals surface area contributed by atoms with Crippen LogP contribution in [0.1, 0.15) is 0 Å². The summed E-state index contributed by atoms with van der Waals surface area (Å²) >= 11 is 6.11. The Morgan fingerprint density at radius 1 is 0.829 bits per heavy atom. The number of fused-ring (bicyclic) bond motifs is 3. The third-order valence-corrected chi connectivity index (χ3v) is 6.46. The highest BCUT2D eigenvalue weighted by atomic mass is 35.5. The second-order valence-electron chi connectivity index (χ2n) is 8.39. The molecule has 1 saturated heterocycles. The molecule has 0 radical (unpaired) electrons. The summed E-state index contributed by atoms with van der Waals surface area (Å²) in [5.41, 5.74) is 3.30. The number of nitrogens with zero attached hydrogens (tertiary/aromatic N) is 6. The number of hydrogen-bond donors (Lipinski definition) is 1. The van der Waals surface area contributed by atoms with Gasteiger partial charge in [-0.25, -0.2) is 14.2 Å². The highest BCUT2D eigenvalue weighted by Gasteiger charge is 2.26. The van der Waals surface area contributed by atoms with Crippen LogP contribution in [0, 0.1) is 0 Å². The molecule has 1 aliphatic heterocycles. The maximum Gasteiger partial charge on any atom is 0.321 e.